The Morgan fingerprint density at radius 2 is 2.00 bits per heavy atom. The van der Waals surface area contributed by atoms with Gasteiger partial charge in [-0.05, 0) is 30.5 Å². The molecule has 0 saturated carbocycles. The largest absolute Gasteiger partial charge is 0.379 e. The third-order valence-corrected chi connectivity index (χ3v) is 4.85. The molecule has 2 rings (SSSR count). The number of nitrogens with one attached hydrogen (secondary N) is 1. The van der Waals surface area contributed by atoms with Gasteiger partial charge in [0.2, 0.25) is 0 Å². The molecule has 0 radical (unpaired) electrons. The lowest BCUT2D eigenvalue weighted by molar-refractivity contribution is 0.00398. The van der Waals surface area contributed by atoms with Crippen LogP contribution in [0.2, 0.25) is 0 Å². The van der Waals surface area contributed by atoms with Gasteiger partial charge >= 0.3 is 0 Å². The van der Waals surface area contributed by atoms with Crippen LogP contribution in [0.1, 0.15) is 32.3 Å². The second-order valence-electron chi connectivity index (χ2n) is 6.51. The molecule has 1 unspecified atom stereocenters. The summed E-state index contributed by atoms with van der Waals surface area (Å²) in [6.07, 6.45) is 2.33. The molecular formula is C19H32N4O. The van der Waals surface area contributed by atoms with Gasteiger partial charge in [-0.1, -0.05) is 38.8 Å². The number of morpholine rings is 1. The first kappa shape index (κ1) is 18.7. The average molecular weight is 332 g/mol. The molecule has 1 aromatic carbocycles. The maximum Gasteiger partial charge on any atom is 0.193 e. The third kappa shape index (κ3) is 5.49. The fourth-order valence-electron chi connectivity index (χ4n) is 3.41. The van der Waals surface area contributed by atoms with Crippen LogP contribution in [-0.4, -0.2) is 49.7 Å². The molecule has 1 atom stereocenters. The molecule has 0 amide bonds. The number of anilines is 1. The molecule has 1 saturated heterocycles. The van der Waals surface area contributed by atoms with Gasteiger partial charge in [0.05, 0.1) is 19.8 Å². The van der Waals surface area contributed by atoms with Gasteiger partial charge in [-0.15, -0.1) is 0 Å². The van der Waals surface area contributed by atoms with Gasteiger partial charge in [-0.2, -0.15) is 0 Å². The molecule has 134 valence electrons. The first-order valence-electron chi connectivity index (χ1n) is 9.09. The highest BCUT2D eigenvalue weighted by Gasteiger charge is 2.26. The van der Waals surface area contributed by atoms with E-state index in [9.17, 15) is 0 Å². The summed E-state index contributed by atoms with van der Waals surface area (Å²) in [6, 6.07) is 8.60. The number of aliphatic imine (C=N–C) groups is 1. The molecule has 1 aliphatic heterocycles. The number of rotatable bonds is 7. The molecule has 1 heterocycles. The molecule has 1 aromatic rings. The monoisotopic (exact) mass is 332 g/mol. The quantitative estimate of drug-likeness (QED) is 0.595. The Hall–Kier alpha value is -1.59. The summed E-state index contributed by atoms with van der Waals surface area (Å²) in [5.74, 6) is 1.13. The average Bonchev–Trinajstić information content (AvgIpc) is 2.59. The number of nitrogens with zero attached hydrogens (tertiary/aromatic N) is 2. The van der Waals surface area contributed by atoms with Crippen LogP contribution in [0.25, 0.3) is 0 Å². The van der Waals surface area contributed by atoms with Crippen LogP contribution in [0, 0.1) is 12.8 Å². The predicted octanol–water partition coefficient (Wildman–Crippen LogP) is 2.86. The Morgan fingerprint density at radius 1 is 1.29 bits per heavy atom. The predicted molar refractivity (Wildman–Crippen MR) is 102 cm³/mol. The van der Waals surface area contributed by atoms with Gasteiger partial charge in [0.25, 0.3) is 0 Å². The second kappa shape index (κ2) is 9.64. The molecule has 5 heteroatoms. The van der Waals surface area contributed by atoms with Gasteiger partial charge < -0.3 is 15.8 Å². The Bertz CT molecular complexity index is 522. The lowest BCUT2D eigenvalue weighted by Crippen LogP contribution is -2.48. The zero-order valence-electron chi connectivity index (χ0n) is 15.3. The van der Waals surface area contributed by atoms with Gasteiger partial charge in [-0.25, -0.2) is 0 Å². The first-order chi connectivity index (χ1) is 11.6. The van der Waals surface area contributed by atoms with Crippen molar-refractivity contribution in [3.63, 3.8) is 0 Å². The minimum Gasteiger partial charge on any atom is -0.379 e. The Morgan fingerprint density at radius 3 is 2.62 bits per heavy atom. The maximum absolute atomic E-state index is 6.11. The van der Waals surface area contributed by atoms with E-state index in [4.69, 9.17) is 10.5 Å². The Balaban J connectivity index is 2.01. The topological polar surface area (TPSA) is 62.9 Å². The summed E-state index contributed by atoms with van der Waals surface area (Å²) in [6.45, 7) is 10.9. The highest BCUT2D eigenvalue weighted by molar-refractivity contribution is 5.92. The van der Waals surface area contributed by atoms with Crippen LogP contribution >= 0.6 is 0 Å². The van der Waals surface area contributed by atoms with Crippen molar-refractivity contribution in [2.24, 2.45) is 16.6 Å². The molecule has 5 nitrogen and oxygen atoms in total. The zero-order chi connectivity index (χ0) is 17.4. The number of ether oxygens (including phenoxy) is 1. The lowest BCUT2D eigenvalue weighted by atomic mass is 9.92. The van der Waals surface area contributed by atoms with E-state index in [1.807, 2.05) is 12.1 Å². The van der Waals surface area contributed by atoms with Crippen molar-refractivity contribution in [3.05, 3.63) is 29.8 Å². The normalized spacial score (nSPS) is 17.9. The molecule has 0 aromatic heterocycles. The Labute approximate surface area is 146 Å². The van der Waals surface area contributed by atoms with Crippen LogP contribution < -0.4 is 11.1 Å². The van der Waals surface area contributed by atoms with Crippen LogP contribution in [0.3, 0.4) is 0 Å². The van der Waals surface area contributed by atoms with E-state index in [0.717, 1.165) is 38.5 Å². The van der Waals surface area contributed by atoms with Crippen molar-refractivity contribution in [1.82, 2.24) is 4.90 Å². The van der Waals surface area contributed by atoms with E-state index in [-0.39, 0.29) is 0 Å². The molecule has 24 heavy (non-hydrogen) atoms. The summed E-state index contributed by atoms with van der Waals surface area (Å²) in [5.41, 5.74) is 8.30. The SMILES string of the molecule is CCC(CC)C(CN=C(N)Nc1cccc(C)c1)N1CCOCC1. The lowest BCUT2D eigenvalue weighted by Gasteiger charge is -2.38. The number of hydrogen-bond donors (Lipinski definition) is 2. The number of hydrogen-bond acceptors (Lipinski definition) is 3. The fourth-order valence-corrected chi connectivity index (χ4v) is 3.41. The molecule has 3 N–H and O–H groups in total. The smallest absolute Gasteiger partial charge is 0.193 e. The van der Waals surface area contributed by atoms with Crippen molar-refractivity contribution in [3.8, 4) is 0 Å². The summed E-state index contributed by atoms with van der Waals surface area (Å²) in [4.78, 5) is 7.16. The van der Waals surface area contributed by atoms with Crippen LogP contribution in [0.4, 0.5) is 5.69 Å². The summed E-state index contributed by atoms with van der Waals surface area (Å²) >= 11 is 0. The second-order valence-corrected chi connectivity index (χ2v) is 6.51. The highest BCUT2D eigenvalue weighted by Crippen LogP contribution is 2.20. The van der Waals surface area contributed by atoms with Crippen LogP contribution in [0.15, 0.2) is 29.3 Å². The van der Waals surface area contributed by atoms with Crippen molar-refractivity contribution >= 4 is 11.6 Å². The molecule has 0 bridgehead atoms. The minimum absolute atomic E-state index is 0.432. The number of benzene rings is 1. The van der Waals surface area contributed by atoms with E-state index in [1.165, 1.54) is 18.4 Å². The fraction of sp³-hybridized carbons (Fsp3) is 0.632. The van der Waals surface area contributed by atoms with Gasteiger partial charge in [0, 0.05) is 24.8 Å². The van der Waals surface area contributed by atoms with E-state index >= 15 is 0 Å². The number of guanidine groups is 1. The third-order valence-electron chi connectivity index (χ3n) is 4.85. The van der Waals surface area contributed by atoms with E-state index in [1.54, 1.807) is 0 Å². The van der Waals surface area contributed by atoms with Gasteiger partial charge in [0.1, 0.15) is 0 Å². The van der Waals surface area contributed by atoms with Gasteiger partial charge in [0.15, 0.2) is 5.96 Å². The first-order valence-corrected chi connectivity index (χ1v) is 9.09. The summed E-state index contributed by atoms with van der Waals surface area (Å²) in [5, 5.41) is 3.20. The Kier molecular flexibility index (Phi) is 7.53. The molecule has 1 aliphatic rings. The van der Waals surface area contributed by atoms with Crippen molar-refractivity contribution < 1.29 is 4.74 Å². The summed E-state index contributed by atoms with van der Waals surface area (Å²) in [7, 11) is 0. The maximum atomic E-state index is 6.11. The van der Waals surface area contributed by atoms with Crippen molar-refractivity contribution in [2.45, 2.75) is 39.7 Å². The van der Waals surface area contributed by atoms with Crippen molar-refractivity contribution in [2.75, 3.05) is 38.2 Å². The van der Waals surface area contributed by atoms with E-state index < -0.39 is 0 Å². The van der Waals surface area contributed by atoms with Crippen LogP contribution in [-0.2, 0) is 4.74 Å². The number of nitrogens with two attached hydrogens (primary N) is 1. The molecule has 1 fully saturated rings. The minimum atomic E-state index is 0.432. The molecule has 0 spiro atoms. The number of aryl methyl sites for hydroxylation is 1. The van der Waals surface area contributed by atoms with Gasteiger partial charge in [-0.3, -0.25) is 9.89 Å². The summed E-state index contributed by atoms with van der Waals surface area (Å²) < 4.78 is 5.50. The van der Waals surface area contributed by atoms with Crippen LogP contribution in [0.5, 0.6) is 0 Å². The van der Waals surface area contributed by atoms with E-state index in [0.29, 0.717) is 17.9 Å². The zero-order valence-corrected chi connectivity index (χ0v) is 15.3. The highest BCUT2D eigenvalue weighted by atomic mass is 16.5. The van der Waals surface area contributed by atoms with E-state index in [2.05, 4.69) is 48.1 Å². The standard InChI is InChI=1S/C19H32N4O/c1-4-16(5-2)18(23-9-11-24-12-10-23)14-21-19(20)22-17-8-6-7-15(3)13-17/h6-8,13,16,18H,4-5,9-12,14H2,1-3H3,(H3,20,21,22). The van der Waals surface area contributed by atoms with Crippen molar-refractivity contribution in [1.29, 1.82) is 0 Å². The molecular weight excluding hydrogens is 300 g/mol. The molecule has 0 aliphatic carbocycles.